The number of hydrogen-bond acceptors (Lipinski definition) is 1. The van der Waals surface area contributed by atoms with Gasteiger partial charge in [-0.15, -0.1) is 0 Å². The summed E-state index contributed by atoms with van der Waals surface area (Å²) in [7, 11) is 0. The maximum atomic E-state index is 12.7. The van der Waals surface area contributed by atoms with E-state index in [1.165, 1.54) is 0 Å². The number of hydrogen-bond donors (Lipinski definition) is 1. The maximum absolute atomic E-state index is 12.7. The Balaban J connectivity index is 3.00. The molecule has 5 heteroatoms. The molecule has 0 aliphatic heterocycles. The molecule has 1 unspecified atom stereocenters. The van der Waals surface area contributed by atoms with Crippen molar-refractivity contribution in [1.29, 1.82) is 0 Å². The molecule has 0 radical (unpaired) electrons. The van der Waals surface area contributed by atoms with Gasteiger partial charge in [-0.3, -0.25) is 0 Å². The molecule has 1 rings (SSSR count). The SMILES string of the molecule is NCC(c1ccc(F)c(F)c1)C(F)F. The van der Waals surface area contributed by atoms with Gasteiger partial charge in [-0.25, -0.2) is 17.6 Å². The number of nitrogens with two attached hydrogens (primary N) is 1. The van der Waals surface area contributed by atoms with Crippen LogP contribution in [0.15, 0.2) is 18.2 Å². The lowest BCUT2D eigenvalue weighted by molar-refractivity contribution is 0.117. The second kappa shape index (κ2) is 4.41. The Bertz CT molecular complexity index is 314. The average Bonchev–Trinajstić information content (AvgIpc) is 2.11. The van der Waals surface area contributed by atoms with E-state index < -0.39 is 24.0 Å². The molecule has 0 spiro atoms. The normalized spacial score (nSPS) is 13.3. The monoisotopic (exact) mass is 207 g/mol. The van der Waals surface area contributed by atoms with Gasteiger partial charge in [-0.2, -0.15) is 0 Å². The summed E-state index contributed by atoms with van der Waals surface area (Å²) in [6, 6.07) is 2.68. The second-order valence-electron chi connectivity index (χ2n) is 2.85. The summed E-state index contributed by atoms with van der Waals surface area (Å²) in [5, 5.41) is 0. The van der Waals surface area contributed by atoms with Gasteiger partial charge in [-0.1, -0.05) is 6.07 Å². The predicted octanol–water partition coefficient (Wildman–Crippen LogP) is 2.27. The van der Waals surface area contributed by atoms with Crippen molar-refractivity contribution >= 4 is 0 Å². The minimum Gasteiger partial charge on any atom is -0.330 e. The van der Waals surface area contributed by atoms with Gasteiger partial charge in [-0.05, 0) is 17.7 Å². The molecule has 0 aromatic heterocycles. The van der Waals surface area contributed by atoms with Gasteiger partial charge >= 0.3 is 0 Å². The summed E-state index contributed by atoms with van der Waals surface area (Å²) >= 11 is 0. The Morgan fingerprint density at radius 1 is 1.14 bits per heavy atom. The molecular formula is C9H9F4N. The van der Waals surface area contributed by atoms with E-state index in [1.807, 2.05) is 0 Å². The largest absolute Gasteiger partial charge is 0.330 e. The van der Waals surface area contributed by atoms with E-state index in [0.29, 0.717) is 0 Å². The Hall–Kier alpha value is -1.10. The molecule has 0 saturated heterocycles. The molecule has 0 bridgehead atoms. The van der Waals surface area contributed by atoms with Crippen molar-refractivity contribution in [1.82, 2.24) is 0 Å². The van der Waals surface area contributed by atoms with Crippen molar-refractivity contribution in [2.24, 2.45) is 5.73 Å². The highest BCUT2D eigenvalue weighted by Crippen LogP contribution is 2.23. The maximum Gasteiger partial charge on any atom is 0.246 e. The van der Waals surface area contributed by atoms with Gasteiger partial charge in [0.1, 0.15) is 0 Å². The number of alkyl halides is 2. The van der Waals surface area contributed by atoms with Crippen molar-refractivity contribution in [3.8, 4) is 0 Å². The second-order valence-corrected chi connectivity index (χ2v) is 2.85. The highest BCUT2D eigenvalue weighted by molar-refractivity contribution is 5.22. The van der Waals surface area contributed by atoms with Crippen LogP contribution in [0.2, 0.25) is 0 Å². The fourth-order valence-corrected chi connectivity index (χ4v) is 1.13. The fourth-order valence-electron chi connectivity index (χ4n) is 1.13. The van der Waals surface area contributed by atoms with E-state index >= 15 is 0 Å². The Labute approximate surface area is 78.5 Å². The van der Waals surface area contributed by atoms with Crippen molar-refractivity contribution in [2.75, 3.05) is 6.54 Å². The van der Waals surface area contributed by atoms with Gasteiger partial charge < -0.3 is 5.73 Å². The average molecular weight is 207 g/mol. The molecule has 0 heterocycles. The van der Waals surface area contributed by atoms with Gasteiger partial charge in [0.05, 0.1) is 5.92 Å². The first-order valence-corrected chi connectivity index (χ1v) is 3.99. The van der Waals surface area contributed by atoms with E-state index in [-0.39, 0.29) is 12.1 Å². The standard InChI is InChI=1S/C9H9F4N/c10-7-2-1-5(3-8(7)11)6(4-14)9(12)13/h1-3,6,9H,4,14H2. The molecule has 1 atom stereocenters. The van der Waals surface area contributed by atoms with Crippen LogP contribution in [0.1, 0.15) is 11.5 Å². The summed E-state index contributed by atoms with van der Waals surface area (Å²) < 4.78 is 49.8. The van der Waals surface area contributed by atoms with Crippen molar-refractivity contribution in [3.63, 3.8) is 0 Å². The Morgan fingerprint density at radius 2 is 1.79 bits per heavy atom. The zero-order valence-electron chi connectivity index (χ0n) is 7.18. The van der Waals surface area contributed by atoms with Crippen LogP contribution in [-0.4, -0.2) is 13.0 Å². The van der Waals surface area contributed by atoms with Crippen LogP contribution in [0.25, 0.3) is 0 Å². The first-order chi connectivity index (χ1) is 6.56. The summed E-state index contributed by atoms with van der Waals surface area (Å²) in [5.74, 6) is -3.44. The van der Waals surface area contributed by atoms with Crippen LogP contribution in [0, 0.1) is 11.6 Å². The van der Waals surface area contributed by atoms with Crippen LogP contribution in [0.3, 0.4) is 0 Å². The fraction of sp³-hybridized carbons (Fsp3) is 0.333. The highest BCUT2D eigenvalue weighted by atomic mass is 19.3. The minimum absolute atomic E-state index is 0.0152. The van der Waals surface area contributed by atoms with E-state index in [1.54, 1.807) is 0 Å². The minimum atomic E-state index is -2.68. The smallest absolute Gasteiger partial charge is 0.246 e. The van der Waals surface area contributed by atoms with Gasteiger partial charge in [0.15, 0.2) is 11.6 Å². The summed E-state index contributed by atoms with van der Waals surface area (Å²) in [4.78, 5) is 0. The molecule has 0 aliphatic rings. The predicted molar refractivity (Wildman–Crippen MR) is 44.2 cm³/mol. The lowest BCUT2D eigenvalue weighted by atomic mass is 10.00. The summed E-state index contributed by atoms with van der Waals surface area (Å²) in [6.45, 7) is -0.303. The molecule has 0 saturated carbocycles. The molecule has 0 fully saturated rings. The first-order valence-electron chi connectivity index (χ1n) is 3.99. The lowest BCUT2D eigenvalue weighted by Crippen LogP contribution is -2.19. The zero-order chi connectivity index (χ0) is 10.7. The summed E-state index contributed by atoms with van der Waals surface area (Å²) in [6.07, 6.45) is -2.68. The van der Waals surface area contributed by atoms with Crippen LogP contribution in [0.5, 0.6) is 0 Å². The lowest BCUT2D eigenvalue weighted by Gasteiger charge is -2.13. The molecule has 78 valence electrons. The van der Waals surface area contributed by atoms with Crippen molar-refractivity contribution in [2.45, 2.75) is 12.3 Å². The van der Waals surface area contributed by atoms with Gasteiger partial charge in [0.2, 0.25) is 6.43 Å². The Kier molecular flexibility index (Phi) is 3.46. The summed E-state index contributed by atoms with van der Waals surface area (Å²) in [5.41, 5.74) is 5.11. The third kappa shape index (κ3) is 2.23. The van der Waals surface area contributed by atoms with Crippen molar-refractivity contribution < 1.29 is 17.6 Å². The van der Waals surface area contributed by atoms with Gasteiger partial charge in [0, 0.05) is 6.54 Å². The Morgan fingerprint density at radius 3 is 2.21 bits per heavy atom. The molecular weight excluding hydrogens is 198 g/mol. The third-order valence-corrected chi connectivity index (χ3v) is 1.93. The number of halogens is 4. The number of rotatable bonds is 3. The van der Waals surface area contributed by atoms with E-state index in [9.17, 15) is 17.6 Å². The third-order valence-electron chi connectivity index (χ3n) is 1.93. The topological polar surface area (TPSA) is 26.0 Å². The first kappa shape index (κ1) is 11.0. The highest BCUT2D eigenvalue weighted by Gasteiger charge is 2.21. The van der Waals surface area contributed by atoms with Gasteiger partial charge in [0.25, 0.3) is 0 Å². The van der Waals surface area contributed by atoms with E-state index in [4.69, 9.17) is 5.73 Å². The van der Waals surface area contributed by atoms with Crippen LogP contribution < -0.4 is 5.73 Å². The molecule has 1 aromatic rings. The van der Waals surface area contributed by atoms with Crippen LogP contribution in [0.4, 0.5) is 17.6 Å². The van der Waals surface area contributed by atoms with Crippen molar-refractivity contribution in [3.05, 3.63) is 35.4 Å². The van der Waals surface area contributed by atoms with Crippen LogP contribution in [-0.2, 0) is 0 Å². The molecule has 2 N–H and O–H groups in total. The zero-order valence-corrected chi connectivity index (χ0v) is 7.18. The molecule has 0 amide bonds. The molecule has 0 aliphatic carbocycles. The van der Waals surface area contributed by atoms with E-state index in [0.717, 1.165) is 18.2 Å². The molecule has 14 heavy (non-hydrogen) atoms. The number of benzene rings is 1. The van der Waals surface area contributed by atoms with E-state index in [2.05, 4.69) is 0 Å². The van der Waals surface area contributed by atoms with Crippen LogP contribution >= 0.6 is 0 Å². The quantitative estimate of drug-likeness (QED) is 0.756. The molecule has 1 nitrogen and oxygen atoms in total. The molecule has 1 aromatic carbocycles.